The largest absolute Gasteiger partial charge is 0.460 e. The van der Waals surface area contributed by atoms with Gasteiger partial charge in [0.1, 0.15) is 92.6 Å². The molecule has 27 nitrogen and oxygen atoms in total. The van der Waals surface area contributed by atoms with Gasteiger partial charge >= 0.3 is 11.9 Å². The van der Waals surface area contributed by atoms with Crippen molar-refractivity contribution in [1.82, 2.24) is 0 Å². The summed E-state index contributed by atoms with van der Waals surface area (Å²) in [4.78, 5) is 25.4. The highest BCUT2D eigenvalue weighted by molar-refractivity contribution is 5.82. The van der Waals surface area contributed by atoms with Gasteiger partial charge in [-0.15, -0.1) is 0 Å². The van der Waals surface area contributed by atoms with Crippen molar-refractivity contribution in [2.45, 2.75) is 236 Å². The van der Waals surface area contributed by atoms with E-state index in [1.165, 1.54) is 12.2 Å². The van der Waals surface area contributed by atoms with Crippen LogP contribution in [0.3, 0.4) is 0 Å². The molecule has 0 amide bonds. The molecule has 4 saturated heterocycles. The predicted octanol–water partition coefficient (Wildman–Crippen LogP) is -6.11. The zero-order valence-corrected chi connectivity index (χ0v) is 42.9. The highest BCUT2D eigenvalue weighted by atomic mass is 16.7. The number of fused-ring (bicyclic) bond motifs is 1. The third kappa shape index (κ3) is 14.6. The highest BCUT2D eigenvalue weighted by Gasteiger charge is 2.56. The SMILES string of the molecule is O=C(C=CC1CCC(O)CC1)OC[C@H]1O[C@@H](OC2CC(C3OC4CC(O)CC(O[C@@H]5O[C@H](COC(=O)C=CC6CCC(O)C(O)C6)[C@@H](O)[C@H](O)[C@H]5O)C4CC3O[C@@H]3O[C@H](CO)[C@@H](O)[C@H](O)[C@H]3O)CC(O)C2O)[C@H](O)[C@@H](O)[C@@H]1O. The van der Waals surface area contributed by atoms with E-state index in [1.807, 2.05) is 0 Å². The van der Waals surface area contributed by atoms with Crippen LogP contribution in [0.2, 0.25) is 0 Å². The molecule has 0 aromatic carbocycles. The topological polar surface area (TPSA) is 441 Å². The summed E-state index contributed by atoms with van der Waals surface area (Å²) in [6.45, 7) is -2.00. The van der Waals surface area contributed by atoms with E-state index in [4.69, 9.17) is 42.6 Å². The molecule has 446 valence electrons. The molecule has 8 aliphatic rings. The fraction of sp³-hybridized carbons (Fsp3) is 0.882. The van der Waals surface area contributed by atoms with Crippen LogP contribution in [-0.2, 0) is 52.2 Å². The molecule has 4 aliphatic heterocycles. The molecule has 28 atom stereocenters. The second kappa shape index (κ2) is 27.3. The van der Waals surface area contributed by atoms with Gasteiger partial charge in [-0.1, -0.05) is 12.2 Å². The summed E-state index contributed by atoms with van der Waals surface area (Å²) in [6.07, 6.45) is -29.9. The number of aliphatic hydroxyl groups excluding tert-OH is 16. The zero-order valence-electron chi connectivity index (χ0n) is 42.9. The van der Waals surface area contributed by atoms with Gasteiger partial charge in [0.05, 0.1) is 67.6 Å². The van der Waals surface area contributed by atoms with Gasteiger partial charge in [-0.2, -0.15) is 0 Å². The predicted molar refractivity (Wildman–Crippen MR) is 256 cm³/mol. The van der Waals surface area contributed by atoms with Gasteiger partial charge in [-0.05, 0) is 88.4 Å². The number of carbonyl (C=O) groups is 2. The quantitative estimate of drug-likeness (QED) is 0.0505. The van der Waals surface area contributed by atoms with Crippen molar-refractivity contribution in [3.05, 3.63) is 24.3 Å². The van der Waals surface area contributed by atoms with Crippen molar-refractivity contribution >= 4 is 11.9 Å². The van der Waals surface area contributed by atoms with E-state index < -0.39 is 203 Å². The number of allylic oxidation sites excluding steroid dienone is 2. The molecule has 78 heavy (non-hydrogen) atoms. The van der Waals surface area contributed by atoms with Gasteiger partial charge in [-0.3, -0.25) is 0 Å². The first-order chi connectivity index (χ1) is 37.1. The summed E-state index contributed by atoms with van der Waals surface area (Å²) < 4.78 is 53.5. The molecular formula is C51H80O27. The van der Waals surface area contributed by atoms with Crippen LogP contribution < -0.4 is 0 Å². The van der Waals surface area contributed by atoms with Crippen molar-refractivity contribution in [3.8, 4) is 0 Å². The molecule has 4 aliphatic carbocycles. The number of carbonyl (C=O) groups excluding carboxylic acids is 2. The standard InChI is InChI=1S/C51H80O27/c52-17-33-39(61)42(64)45(67)51(76-33)75-32-16-25-29(14-24(54)15-30(25)73-49-46(68)43(65)40(62)34(77-49)18-71-37(59)10-5-21-3-8-26(55)27(56)11-21)72-48(32)22-12-28(57)38(60)31(13-22)74-50-47(69)44(66)41(63)35(78-50)19-70-36(58)9-4-20-1-6-23(53)7-2-20/h4-5,9-10,20-35,38-57,60-69H,1-3,6-8,11-19H2/t20?,21?,22?,23?,24?,25?,26?,27?,28?,29?,30?,31?,32?,33-,34-,35-,38?,39-,40-,41-,42+,43+,44+,45-,46-,47-,48?,49-,50-,51-/m1/s1. The summed E-state index contributed by atoms with van der Waals surface area (Å²) in [7, 11) is 0. The molecule has 0 radical (unpaired) electrons. The highest BCUT2D eigenvalue weighted by Crippen LogP contribution is 2.46. The van der Waals surface area contributed by atoms with Crippen molar-refractivity contribution in [1.29, 1.82) is 0 Å². The van der Waals surface area contributed by atoms with Crippen molar-refractivity contribution in [2.24, 2.45) is 23.7 Å². The lowest BCUT2D eigenvalue weighted by atomic mass is 9.72. The van der Waals surface area contributed by atoms with Crippen LogP contribution in [-0.4, -0.2) is 273 Å². The Kier molecular flexibility index (Phi) is 21.5. The van der Waals surface area contributed by atoms with Crippen LogP contribution in [0.15, 0.2) is 24.3 Å². The minimum Gasteiger partial charge on any atom is -0.460 e. The first kappa shape index (κ1) is 61.6. The summed E-state index contributed by atoms with van der Waals surface area (Å²) >= 11 is 0. The smallest absolute Gasteiger partial charge is 0.330 e. The Hall–Kier alpha value is -2.50. The Balaban J connectivity index is 0.960. The Morgan fingerprint density at radius 3 is 1.47 bits per heavy atom. The van der Waals surface area contributed by atoms with E-state index in [9.17, 15) is 91.3 Å². The average Bonchev–Trinajstić information content (AvgIpc) is 3.41. The lowest BCUT2D eigenvalue weighted by Gasteiger charge is -2.53. The Morgan fingerprint density at radius 1 is 0.423 bits per heavy atom. The van der Waals surface area contributed by atoms with Crippen LogP contribution in [0.5, 0.6) is 0 Å². The Morgan fingerprint density at radius 2 is 0.923 bits per heavy atom. The van der Waals surface area contributed by atoms with Gasteiger partial charge in [0, 0.05) is 24.5 Å². The molecule has 13 unspecified atom stereocenters. The number of aliphatic hydroxyl groups is 16. The van der Waals surface area contributed by atoms with E-state index in [1.54, 1.807) is 6.08 Å². The maximum absolute atomic E-state index is 12.7. The Labute approximate surface area is 449 Å². The third-order valence-corrected chi connectivity index (χ3v) is 16.9. The van der Waals surface area contributed by atoms with Crippen molar-refractivity contribution < 1.29 is 134 Å². The van der Waals surface area contributed by atoms with Crippen LogP contribution >= 0.6 is 0 Å². The fourth-order valence-corrected chi connectivity index (χ4v) is 12.2. The van der Waals surface area contributed by atoms with Crippen LogP contribution in [0.1, 0.15) is 77.0 Å². The second-order valence-electron chi connectivity index (χ2n) is 22.5. The molecule has 4 saturated carbocycles. The van der Waals surface area contributed by atoms with Crippen molar-refractivity contribution in [3.63, 3.8) is 0 Å². The van der Waals surface area contributed by atoms with Crippen LogP contribution in [0, 0.1) is 23.7 Å². The second-order valence-corrected chi connectivity index (χ2v) is 22.5. The molecule has 0 aromatic heterocycles. The average molecular weight is 1130 g/mol. The molecular weight excluding hydrogens is 1040 g/mol. The van der Waals surface area contributed by atoms with E-state index in [-0.39, 0.29) is 50.4 Å². The summed E-state index contributed by atoms with van der Waals surface area (Å²) in [5, 5.41) is 172. The van der Waals surface area contributed by atoms with E-state index in [0.29, 0.717) is 38.5 Å². The summed E-state index contributed by atoms with van der Waals surface area (Å²) in [5.74, 6) is -3.44. The number of rotatable bonds is 16. The fourth-order valence-electron chi connectivity index (χ4n) is 12.2. The van der Waals surface area contributed by atoms with Crippen LogP contribution in [0.4, 0.5) is 0 Å². The monoisotopic (exact) mass is 1120 g/mol. The van der Waals surface area contributed by atoms with Crippen molar-refractivity contribution in [2.75, 3.05) is 19.8 Å². The zero-order chi connectivity index (χ0) is 56.3. The van der Waals surface area contributed by atoms with Gasteiger partial charge < -0.3 is 124 Å². The first-order valence-corrected chi connectivity index (χ1v) is 27.2. The molecule has 16 N–H and O–H groups in total. The molecule has 0 spiro atoms. The third-order valence-electron chi connectivity index (χ3n) is 16.9. The number of ether oxygens (including phenoxy) is 9. The normalized spacial score (nSPS) is 49.5. The Bertz CT molecular complexity index is 1970. The molecule has 0 aromatic rings. The molecule has 8 rings (SSSR count). The lowest BCUT2D eigenvalue weighted by molar-refractivity contribution is -0.347. The number of hydrogen-bond acceptors (Lipinski definition) is 27. The minimum absolute atomic E-state index is 0.0116. The maximum Gasteiger partial charge on any atom is 0.330 e. The van der Waals surface area contributed by atoms with E-state index >= 15 is 0 Å². The van der Waals surface area contributed by atoms with Gasteiger partial charge in [0.15, 0.2) is 18.9 Å². The van der Waals surface area contributed by atoms with Crippen LogP contribution in [0.25, 0.3) is 0 Å². The lowest BCUT2D eigenvalue weighted by Crippen LogP contribution is -2.64. The summed E-state index contributed by atoms with van der Waals surface area (Å²) in [5.41, 5.74) is 0. The number of esters is 2. The first-order valence-electron chi connectivity index (χ1n) is 27.2. The van der Waals surface area contributed by atoms with Gasteiger partial charge in [0.25, 0.3) is 0 Å². The van der Waals surface area contributed by atoms with Gasteiger partial charge in [-0.25, -0.2) is 9.59 Å². The van der Waals surface area contributed by atoms with E-state index in [2.05, 4.69) is 0 Å². The molecule has 8 fully saturated rings. The number of hydrogen-bond donors (Lipinski definition) is 16. The maximum atomic E-state index is 12.7. The minimum atomic E-state index is -1.92. The molecule has 0 bridgehead atoms. The molecule has 4 heterocycles. The summed E-state index contributed by atoms with van der Waals surface area (Å²) in [6, 6.07) is 0. The van der Waals surface area contributed by atoms with Gasteiger partial charge in [0.2, 0.25) is 0 Å². The van der Waals surface area contributed by atoms with E-state index in [0.717, 1.165) is 6.08 Å². The molecule has 27 heteroatoms.